The van der Waals surface area contributed by atoms with Crippen LogP contribution in [0.4, 0.5) is 0 Å². The van der Waals surface area contributed by atoms with Crippen LogP contribution in [0.2, 0.25) is 5.02 Å². The second kappa shape index (κ2) is 7.14. The summed E-state index contributed by atoms with van der Waals surface area (Å²) in [7, 11) is 0. The van der Waals surface area contributed by atoms with E-state index in [0.717, 1.165) is 5.56 Å². The van der Waals surface area contributed by atoms with E-state index >= 15 is 0 Å². The smallest absolute Gasteiger partial charge is 0.303 e. The number of carboxylic acids is 1. The number of carbonyl (C=O) groups is 2. The predicted molar refractivity (Wildman–Crippen MR) is 74.6 cm³/mol. The fourth-order valence-electron chi connectivity index (χ4n) is 1.81. The minimum Gasteiger partial charge on any atom is -0.481 e. The Hall–Kier alpha value is -1.55. The van der Waals surface area contributed by atoms with Crippen LogP contribution in [0.25, 0.3) is 0 Å². The van der Waals surface area contributed by atoms with Crippen LogP contribution in [0.5, 0.6) is 0 Å². The summed E-state index contributed by atoms with van der Waals surface area (Å²) in [6, 6.07) is 5.11. The molecule has 1 aromatic rings. The van der Waals surface area contributed by atoms with E-state index in [1.165, 1.54) is 0 Å². The van der Waals surface area contributed by atoms with Gasteiger partial charge in [-0.3, -0.25) is 9.59 Å². The van der Waals surface area contributed by atoms with Crippen molar-refractivity contribution in [2.75, 3.05) is 0 Å². The van der Waals surface area contributed by atoms with E-state index < -0.39 is 5.97 Å². The Balaban J connectivity index is 2.51. The molecule has 4 nitrogen and oxygen atoms in total. The number of halogens is 1. The van der Waals surface area contributed by atoms with E-state index in [4.69, 9.17) is 16.7 Å². The molecule has 0 aliphatic rings. The molecule has 1 rings (SSSR count). The zero-order valence-corrected chi connectivity index (χ0v) is 11.8. The van der Waals surface area contributed by atoms with Crippen molar-refractivity contribution < 1.29 is 14.7 Å². The van der Waals surface area contributed by atoms with Crippen molar-refractivity contribution in [1.29, 1.82) is 0 Å². The lowest BCUT2D eigenvalue weighted by Crippen LogP contribution is -2.32. The fraction of sp³-hybridized carbons (Fsp3) is 0.429. The summed E-state index contributed by atoms with van der Waals surface area (Å²) >= 11 is 5.90. The van der Waals surface area contributed by atoms with Crippen molar-refractivity contribution in [2.24, 2.45) is 0 Å². The van der Waals surface area contributed by atoms with Gasteiger partial charge in [-0.05, 0) is 50.5 Å². The maximum Gasteiger partial charge on any atom is 0.303 e. The number of nitrogens with one attached hydrogen (secondary N) is 1. The van der Waals surface area contributed by atoms with Crippen LogP contribution in [0.3, 0.4) is 0 Å². The Bertz CT molecular complexity index is 454. The second-order valence-electron chi connectivity index (χ2n) is 4.68. The van der Waals surface area contributed by atoms with Crippen LogP contribution < -0.4 is 5.32 Å². The summed E-state index contributed by atoms with van der Waals surface area (Å²) in [6.07, 6.45) is 1.30. The third-order valence-electron chi connectivity index (χ3n) is 2.71. The molecule has 19 heavy (non-hydrogen) atoms. The van der Waals surface area contributed by atoms with Gasteiger partial charge in [-0.25, -0.2) is 0 Å². The molecule has 0 heterocycles. The quantitative estimate of drug-likeness (QED) is 0.843. The highest BCUT2D eigenvalue weighted by Crippen LogP contribution is 2.14. The topological polar surface area (TPSA) is 66.4 Å². The minimum atomic E-state index is -0.816. The van der Waals surface area contributed by atoms with Gasteiger partial charge in [0.1, 0.15) is 0 Å². The van der Waals surface area contributed by atoms with Crippen LogP contribution in [0.1, 0.15) is 42.1 Å². The summed E-state index contributed by atoms with van der Waals surface area (Å²) in [5, 5.41) is 11.9. The number of benzene rings is 1. The monoisotopic (exact) mass is 283 g/mol. The molecule has 0 bridgehead atoms. The first kappa shape index (κ1) is 15.5. The summed E-state index contributed by atoms with van der Waals surface area (Å²) in [4.78, 5) is 22.4. The first-order valence-electron chi connectivity index (χ1n) is 6.18. The van der Waals surface area contributed by atoms with Gasteiger partial charge in [-0.2, -0.15) is 0 Å². The van der Waals surface area contributed by atoms with Crippen LogP contribution in [-0.2, 0) is 4.79 Å². The van der Waals surface area contributed by atoms with E-state index in [1.54, 1.807) is 18.2 Å². The maximum absolute atomic E-state index is 12.0. The highest BCUT2D eigenvalue weighted by molar-refractivity contribution is 6.31. The van der Waals surface area contributed by atoms with Gasteiger partial charge >= 0.3 is 5.97 Å². The largest absolute Gasteiger partial charge is 0.481 e. The Kier molecular flexibility index (Phi) is 5.83. The molecule has 0 aliphatic carbocycles. The Labute approximate surface area is 117 Å². The van der Waals surface area contributed by atoms with E-state index in [1.807, 2.05) is 13.8 Å². The zero-order valence-electron chi connectivity index (χ0n) is 11.1. The average molecular weight is 284 g/mol. The summed E-state index contributed by atoms with van der Waals surface area (Å²) < 4.78 is 0. The van der Waals surface area contributed by atoms with Crippen LogP contribution in [-0.4, -0.2) is 23.0 Å². The SMILES string of the molecule is Cc1cc(Cl)cc(C(=O)NC(C)CCCC(=O)O)c1. The molecular weight excluding hydrogens is 266 g/mol. The van der Waals surface area contributed by atoms with Crippen molar-refractivity contribution in [3.63, 3.8) is 0 Å². The molecule has 0 aliphatic heterocycles. The zero-order chi connectivity index (χ0) is 14.4. The van der Waals surface area contributed by atoms with E-state index in [2.05, 4.69) is 5.32 Å². The average Bonchev–Trinajstić information content (AvgIpc) is 2.26. The fourth-order valence-corrected chi connectivity index (χ4v) is 2.10. The third-order valence-corrected chi connectivity index (χ3v) is 2.93. The molecule has 5 heteroatoms. The molecule has 0 aromatic heterocycles. The molecule has 1 aromatic carbocycles. The Morgan fingerprint density at radius 1 is 1.37 bits per heavy atom. The van der Waals surface area contributed by atoms with Gasteiger partial charge in [0.05, 0.1) is 0 Å². The van der Waals surface area contributed by atoms with Gasteiger partial charge in [-0.1, -0.05) is 11.6 Å². The Morgan fingerprint density at radius 2 is 2.05 bits per heavy atom. The third kappa shape index (κ3) is 5.75. The van der Waals surface area contributed by atoms with Crippen molar-refractivity contribution >= 4 is 23.5 Å². The lowest BCUT2D eigenvalue weighted by atomic mass is 10.1. The molecule has 0 saturated heterocycles. The minimum absolute atomic E-state index is 0.0638. The van der Waals surface area contributed by atoms with Crippen molar-refractivity contribution in [3.8, 4) is 0 Å². The van der Waals surface area contributed by atoms with E-state index in [-0.39, 0.29) is 18.4 Å². The second-order valence-corrected chi connectivity index (χ2v) is 5.11. The van der Waals surface area contributed by atoms with E-state index in [9.17, 15) is 9.59 Å². The number of amides is 1. The molecule has 104 valence electrons. The number of hydrogen-bond acceptors (Lipinski definition) is 2. The van der Waals surface area contributed by atoms with Crippen molar-refractivity contribution in [1.82, 2.24) is 5.32 Å². The maximum atomic E-state index is 12.0. The number of carboxylic acid groups (broad SMARTS) is 1. The molecule has 0 spiro atoms. The first-order chi connectivity index (χ1) is 8.88. The molecule has 1 atom stereocenters. The molecule has 0 fully saturated rings. The standard InChI is InChI=1S/C14H18ClNO3/c1-9-6-11(8-12(15)7-9)14(19)16-10(2)4-3-5-13(17)18/h6-8,10H,3-5H2,1-2H3,(H,16,19)(H,17,18). The van der Waals surface area contributed by atoms with Crippen molar-refractivity contribution in [3.05, 3.63) is 34.3 Å². The van der Waals surface area contributed by atoms with Crippen molar-refractivity contribution in [2.45, 2.75) is 39.2 Å². The van der Waals surface area contributed by atoms with E-state index in [0.29, 0.717) is 23.4 Å². The first-order valence-corrected chi connectivity index (χ1v) is 6.56. The summed E-state index contributed by atoms with van der Waals surface area (Å²) in [6.45, 7) is 3.73. The normalized spacial score (nSPS) is 11.9. The molecular formula is C14H18ClNO3. The van der Waals surface area contributed by atoms with Gasteiger partial charge in [0, 0.05) is 23.0 Å². The highest BCUT2D eigenvalue weighted by atomic mass is 35.5. The lowest BCUT2D eigenvalue weighted by Gasteiger charge is -2.13. The van der Waals surface area contributed by atoms with Gasteiger partial charge in [-0.15, -0.1) is 0 Å². The molecule has 0 radical (unpaired) electrons. The number of rotatable bonds is 6. The van der Waals surface area contributed by atoms with Gasteiger partial charge in [0.2, 0.25) is 0 Å². The molecule has 0 saturated carbocycles. The number of carbonyl (C=O) groups excluding carboxylic acids is 1. The van der Waals surface area contributed by atoms with Gasteiger partial charge in [0.15, 0.2) is 0 Å². The highest BCUT2D eigenvalue weighted by Gasteiger charge is 2.11. The predicted octanol–water partition coefficient (Wildman–Crippen LogP) is 3.02. The number of aryl methyl sites for hydroxylation is 1. The van der Waals surface area contributed by atoms with Gasteiger partial charge in [0.25, 0.3) is 5.91 Å². The molecule has 1 unspecified atom stereocenters. The van der Waals surface area contributed by atoms with Crippen LogP contribution >= 0.6 is 11.6 Å². The number of aliphatic carboxylic acids is 1. The summed E-state index contributed by atoms with van der Waals surface area (Å²) in [5.41, 5.74) is 1.45. The van der Waals surface area contributed by atoms with Crippen LogP contribution in [0, 0.1) is 6.92 Å². The lowest BCUT2D eigenvalue weighted by molar-refractivity contribution is -0.137. The van der Waals surface area contributed by atoms with Gasteiger partial charge < -0.3 is 10.4 Å². The Morgan fingerprint density at radius 3 is 2.63 bits per heavy atom. The molecule has 2 N–H and O–H groups in total. The summed E-state index contributed by atoms with van der Waals surface area (Å²) in [5.74, 6) is -1.00. The molecule has 1 amide bonds. The number of hydrogen-bond donors (Lipinski definition) is 2. The van der Waals surface area contributed by atoms with Crippen LogP contribution in [0.15, 0.2) is 18.2 Å².